The minimum Gasteiger partial charge on any atom is -0.331 e. The maximum absolute atomic E-state index is 12.2. The molecule has 8 nitrogen and oxygen atoms in total. The Morgan fingerprint density at radius 3 is 2.79 bits per heavy atom. The smallest absolute Gasteiger partial charge is 0.249 e. The van der Waals surface area contributed by atoms with Gasteiger partial charge in [0.15, 0.2) is 0 Å². The molecule has 2 heterocycles. The number of nitrogens with zero attached hydrogens (tertiary/aromatic N) is 5. The summed E-state index contributed by atoms with van der Waals surface area (Å²) in [5.74, 6) is 0.103. The maximum Gasteiger partial charge on any atom is 0.249 e. The maximum atomic E-state index is 12.2. The van der Waals surface area contributed by atoms with E-state index in [9.17, 15) is 9.59 Å². The van der Waals surface area contributed by atoms with Gasteiger partial charge in [-0.2, -0.15) is 0 Å². The van der Waals surface area contributed by atoms with Crippen molar-refractivity contribution < 1.29 is 9.59 Å². The first-order chi connectivity index (χ1) is 9.16. The number of hydrogen-bond donors (Lipinski definition) is 1. The summed E-state index contributed by atoms with van der Waals surface area (Å²) in [6, 6.07) is -0.0976. The fraction of sp³-hybridized carbons (Fsp3) is 0.727. The van der Waals surface area contributed by atoms with Crippen molar-refractivity contribution in [2.45, 2.75) is 44.7 Å². The number of carbonyl (C=O) groups is 2. The monoisotopic (exact) mass is 264 g/mol. The van der Waals surface area contributed by atoms with Crippen LogP contribution in [0.15, 0.2) is 0 Å². The highest BCUT2D eigenvalue weighted by Crippen LogP contribution is 2.35. The van der Waals surface area contributed by atoms with E-state index in [4.69, 9.17) is 0 Å². The van der Waals surface area contributed by atoms with Gasteiger partial charge in [-0.25, -0.2) is 4.68 Å². The number of anilines is 1. The third kappa shape index (κ3) is 2.29. The van der Waals surface area contributed by atoms with Crippen molar-refractivity contribution in [2.24, 2.45) is 0 Å². The van der Waals surface area contributed by atoms with Gasteiger partial charge in [-0.1, -0.05) is 5.10 Å². The summed E-state index contributed by atoms with van der Waals surface area (Å²) < 4.78 is 1.64. The van der Waals surface area contributed by atoms with Crippen LogP contribution in [0.4, 0.5) is 5.95 Å². The Hall–Kier alpha value is -1.99. The lowest BCUT2D eigenvalue weighted by Gasteiger charge is -2.21. The summed E-state index contributed by atoms with van der Waals surface area (Å²) in [7, 11) is 0. The van der Waals surface area contributed by atoms with E-state index in [2.05, 4.69) is 20.8 Å². The van der Waals surface area contributed by atoms with Gasteiger partial charge in [-0.15, -0.1) is 0 Å². The largest absolute Gasteiger partial charge is 0.331 e. The van der Waals surface area contributed by atoms with E-state index in [0.29, 0.717) is 25.0 Å². The molecule has 1 aromatic rings. The van der Waals surface area contributed by atoms with E-state index in [-0.39, 0.29) is 11.8 Å². The van der Waals surface area contributed by atoms with Gasteiger partial charge in [0, 0.05) is 13.5 Å². The molecule has 0 unspecified atom stereocenters. The molecule has 8 heteroatoms. The van der Waals surface area contributed by atoms with Crippen LogP contribution in [0.3, 0.4) is 0 Å². The Balaban J connectivity index is 1.70. The van der Waals surface area contributed by atoms with E-state index in [0.717, 1.165) is 19.3 Å². The fourth-order valence-electron chi connectivity index (χ4n) is 2.45. The van der Waals surface area contributed by atoms with Crippen molar-refractivity contribution in [3.63, 3.8) is 0 Å². The van der Waals surface area contributed by atoms with Crippen LogP contribution in [0.5, 0.6) is 0 Å². The molecule has 0 spiro atoms. The number of nitrogens with one attached hydrogen (secondary N) is 1. The highest BCUT2D eigenvalue weighted by Gasteiger charge is 2.34. The SMILES string of the molecule is CC(=O)N1CCC[C@@H]1C(=O)Nc1nnnn1C1CC1. The second kappa shape index (κ2) is 4.60. The quantitative estimate of drug-likeness (QED) is 0.826. The Kier molecular flexibility index (Phi) is 2.92. The standard InChI is InChI=1S/C11H16N6O2/c1-7(18)16-6-2-3-9(16)10(19)12-11-13-14-15-17(11)8-4-5-8/h8-9H,2-6H2,1H3,(H,12,13,15,19)/t9-/m1/s1. The molecule has 2 aliphatic rings. The number of carbonyl (C=O) groups excluding carboxylic acids is 2. The van der Waals surface area contributed by atoms with Crippen LogP contribution >= 0.6 is 0 Å². The van der Waals surface area contributed by atoms with Gasteiger partial charge >= 0.3 is 0 Å². The van der Waals surface area contributed by atoms with Crippen molar-refractivity contribution in [3.05, 3.63) is 0 Å². The van der Waals surface area contributed by atoms with Crippen LogP contribution in [0, 0.1) is 0 Å². The van der Waals surface area contributed by atoms with Crippen LogP contribution in [-0.4, -0.2) is 49.5 Å². The van der Waals surface area contributed by atoms with Crippen molar-refractivity contribution in [3.8, 4) is 0 Å². The molecule has 0 aromatic carbocycles. The average molecular weight is 264 g/mol. The second-order valence-corrected chi connectivity index (χ2v) is 5.04. The number of aromatic nitrogens is 4. The Morgan fingerprint density at radius 2 is 2.11 bits per heavy atom. The third-order valence-electron chi connectivity index (χ3n) is 3.58. The predicted octanol–water partition coefficient (Wildman–Crippen LogP) is -0.0426. The molecular weight excluding hydrogens is 248 g/mol. The second-order valence-electron chi connectivity index (χ2n) is 5.04. The summed E-state index contributed by atoms with van der Waals surface area (Å²) in [4.78, 5) is 25.3. The zero-order valence-electron chi connectivity index (χ0n) is 10.7. The van der Waals surface area contributed by atoms with Crippen LogP contribution in [0.1, 0.15) is 38.6 Å². The topological polar surface area (TPSA) is 93.0 Å². The normalized spacial score (nSPS) is 22.6. The average Bonchev–Trinajstić information content (AvgIpc) is 2.92. The highest BCUT2D eigenvalue weighted by atomic mass is 16.2. The minimum absolute atomic E-state index is 0.0700. The Morgan fingerprint density at radius 1 is 1.32 bits per heavy atom. The Labute approximate surface area is 110 Å². The number of amides is 2. The number of likely N-dealkylation sites (tertiary alicyclic amines) is 1. The van der Waals surface area contributed by atoms with Gasteiger partial charge in [-0.3, -0.25) is 14.9 Å². The van der Waals surface area contributed by atoms with Gasteiger partial charge in [0.2, 0.25) is 17.8 Å². The highest BCUT2D eigenvalue weighted by molar-refractivity contribution is 5.96. The van der Waals surface area contributed by atoms with E-state index >= 15 is 0 Å². The predicted molar refractivity (Wildman–Crippen MR) is 65.1 cm³/mol. The first kappa shape index (κ1) is 12.1. The van der Waals surface area contributed by atoms with Crippen molar-refractivity contribution in [1.82, 2.24) is 25.1 Å². The van der Waals surface area contributed by atoms with Gasteiger partial charge in [-0.05, 0) is 36.1 Å². The molecule has 2 amide bonds. The van der Waals surface area contributed by atoms with Crippen molar-refractivity contribution >= 4 is 17.8 Å². The van der Waals surface area contributed by atoms with Crippen LogP contribution in [0.25, 0.3) is 0 Å². The molecule has 1 aliphatic carbocycles. The molecule has 1 atom stereocenters. The lowest BCUT2D eigenvalue weighted by Crippen LogP contribution is -2.42. The fourth-order valence-corrected chi connectivity index (χ4v) is 2.45. The molecule has 0 bridgehead atoms. The van der Waals surface area contributed by atoms with Crippen LogP contribution in [-0.2, 0) is 9.59 Å². The van der Waals surface area contributed by atoms with E-state index in [1.165, 1.54) is 6.92 Å². The number of rotatable bonds is 3. The summed E-state index contributed by atoms with van der Waals surface area (Å²) in [5, 5.41) is 14.0. The third-order valence-corrected chi connectivity index (χ3v) is 3.58. The molecule has 19 heavy (non-hydrogen) atoms. The lowest BCUT2D eigenvalue weighted by atomic mass is 10.2. The molecule has 3 rings (SSSR count). The summed E-state index contributed by atoms with van der Waals surface area (Å²) in [5.41, 5.74) is 0. The zero-order valence-corrected chi connectivity index (χ0v) is 10.7. The molecule has 102 valence electrons. The van der Waals surface area contributed by atoms with Crippen molar-refractivity contribution in [1.29, 1.82) is 0 Å². The molecule has 2 fully saturated rings. The molecule has 1 N–H and O–H groups in total. The summed E-state index contributed by atoms with van der Waals surface area (Å²) in [6.07, 6.45) is 3.62. The van der Waals surface area contributed by atoms with E-state index in [1.54, 1.807) is 9.58 Å². The first-order valence-corrected chi connectivity index (χ1v) is 6.53. The first-order valence-electron chi connectivity index (χ1n) is 6.53. The summed E-state index contributed by atoms with van der Waals surface area (Å²) >= 11 is 0. The molecule has 1 saturated carbocycles. The number of hydrogen-bond acceptors (Lipinski definition) is 5. The molecule has 1 aliphatic heterocycles. The van der Waals surface area contributed by atoms with Gasteiger partial charge in [0.1, 0.15) is 6.04 Å². The van der Waals surface area contributed by atoms with Crippen molar-refractivity contribution in [2.75, 3.05) is 11.9 Å². The van der Waals surface area contributed by atoms with Gasteiger partial charge < -0.3 is 4.90 Å². The zero-order chi connectivity index (χ0) is 13.4. The van der Waals surface area contributed by atoms with E-state index < -0.39 is 6.04 Å². The van der Waals surface area contributed by atoms with Gasteiger partial charge in [0.25, 0.3) is 0 Å². The molecular formula is C11H16N6O2. The molecule has 0 radical (unpaired) electrons. The van der Waals surface area contributed by atoms with Crippen LogP contribution < -0.4 is 5.32 Å². The van der Waals surface area contributed by atoms with Gasteiger partial charge in [0.05, 0.1) is 6.04 Å². The van der Waals surface area contributed by atoms with E-state index in [1.807, 2.05) is 0 Å². The minimum atomic E-state index is -0.401. The summed E-state index contributed by atoms with van der Waals surface area (Å²) in [6.45, 7) is 2.13. The molecule has 1 saturated heterocycles. The van der Waals surface area contributed by atoms with Crippen LogP contribution in [0.2, 0.25) is 0 Å². The lowest BCUT2D eigenvalue weighted by molar-refractivity contribution is -0.134. The number of tetrazole rings is 1. The Bertz CT molecular complexity index is 509. The molecule has 1 aromatic heterocycles.